The Morgan fingerprint density at radius 2 is 1.44 bits per heavy atom. The molecule has 0 aromatic heterocycles. The van der Waals surface area contributed by atoms with Crippen LogP contribution in [0.25, 0.3) is 0 Å². The summed E-state index contributed by atoms with van der Waals surface area (Å²) in [5, 5.41) is 16.8. The number of hydrogen-bond acceptors (Lipinski definition) is 8. The average Bonchev–Trinajstić information content (AvgIpc) is 3.02. The Hall–Kier alpha value is -4.31. The lowest BCUT2D eigenvalue weighted by Gasteiger charge is -2.32. The highest BCUT2D eigenvalue weighted by Gasteiger charge is 2.52. The number of hydrogen-bond donors (Lipinski definition) is 5. The van der Waals surface area contributed by atoms with Crippen LogP contribution in [-0.2, 0) is 32.1 Å². The third-order valence-electron chi connectivity index (χ3n) is 7.53. The maximum atomic E-state index is 14.9. The molecule has 4 atom stereocenters. The van der Waals surface area contributed by atoms with Gasteiger partial charge in [0.15, 0.2) is 5.78 Å². The largest absolute Gasteiger partial charge is 0.497 e. The summed E-state index contributed by atoms with van der Waals surface area (Å²) in [6.45, 7) is 6.13. The first-order chi connectivity index (χ1) is 23.0. The van der Waals surface area contributed by atoms with Crippen LogP contribution >= 0.6 is 0 Å². The SMILES string of the molecule is COc1ccc([C@H](NC(=O)[C@@H](N)Cc2ccc(CNC(=O)OC(C)(C)C)cc2)C(=O)C[C@@H](C(C)C)[C@@H](O)C(F)(F)C(=O)NCC(F)(F)F)cc1. The van der Waals surface area contributed by atoms with Crippen LogP contribution < -0.4 is 26.4 Å². The molecule has 0 radical (unpaired) electrons. The lowest BCUT2D eigenvalue weighted by atomic mass is 9.81. The normalized spacial score (nSPS) is 14.6. The van der Waals surface area contributed by atoms with Gasteiger partial charge in [0.05, 0.1) is 13.2 Å². The molecule has 0 aliphatic rings. The minimum atomic E-state index is -4.97. The van der Waals surface area contributed by atoms with Crippen molar-refractivity contribution >= 4 is 23.7 Å². The molecule has 3 amide bonds. The number of benzene rings is 2. The van der Waals surface area contributed by atoms with Crippen molar-refractivity contribution in [3.63, 3.8) is 0 Å². The van der Waals surface area contributed by atoms with Crippen molar-refractivity contribution in [3.05, 3.63) is 65.2 Å². The first kappa shape index (κ1) is 41.9. The predicted molar refractivity (Wildman–Crippen MR) is 173 cm³/mol. The number of aliphatic hydroxyl groups is 1. The van der Waals surface area contributed by atoms with Crippen LogP contribution in [0.3, 0.4) is 0 Å². The molecule has 6 N–H and O–H groups in total. The van der Waals surface area contributed by atoms with Gasteiger partial charge in [-0.3, -0.25) is 14.4 Å². The third kappa shape index (κ3) is 13.2. The highest BCUT2D eigenvalue weighted by atomic mass is 19.4. The number of alkyl halides is 5. The van der Waals surface area contributed by atoms with E-state index in [9.17, 15) is 46.2 Å². The first-order valence-corrected chi connectivity index (χ1v) is 15.7. The molecule has 278 valence electrons. The Morgan fingerprint density at radius 1 is 0.880 bits per heavy atom. The number of carbonyl (C=O) groups excluding carboxylic acids is 4. The minimum absolute atomic E-state index is 0.0295. The molecule has 0 saturated carbocycles. The summed E-state index contributed by atoms with van der Waals surface area (Å²) >= 11 is 0. The van der Waals surface area contributed by atoms with E-state index >= 15 is 0 Å². The first-order valence-electron chi connectivity index (χ1n) is 15.7. The molecule has 0 aliphatic heterocycles. The number of ketones is 1. The number of ether oxygens (including phenoxy) is 2. The quantitative estimate of drug-likeness (QED) is 0.160. The molecule has 0 aliphatic carbocycles. The number of nitrogens with one attached hydrogen (secondary N) is 3. The van der Waals surface area contributed by atoms with Gasteiger partial charge >= 0.3 is 18.2 Å². The topological polar surface area (TPSA) is 169 Å². The zero-order valence-electron chi connectivity index (χ0n) is 28.7. The second-order valence-corrected chi connectivity index (χ2v) is 13.1. The molecule has 2 rings (SSSR count). The van der Waals surface area contributed by atoms with E-state index in [1.165, 1.54) is 45.2 Å². The van der Waals surface area contributed by atoms with Crippen LogP contribution in [0.15, 0.2) is 48.5 Å². The van der Waals surface area contributed by atoms with Crippen LogP contribution in [0, 0.1) is 11.8 Å². The number of Topliss-reactive ketones (excluding diaryl/α,β-unsaturated/α-hetero) is 1. The average molecular weight is 717 g/mol. The Morgan fingerprint density at radius 3 is 1.94 bits per heavy atom. The van der Waals surface area contributed by atoms with E-state index in [1.54, 1.807) is 45.0 Å². The molecule has 0 spiro atoms. The Labute approximate surface area is 287 Å². The van der Waals surface area contributed by atoms with Crippen molar-refractivity contribution in [2.75, 3.05) is 13.7 Å². The Kier molecular flexibility index (Phi) is 14.7. The summed E-state index contributed by atoms with van der Waals surface area (Å²) < 4.78 is 77.6. The molecule has 0 unspecified atom stereocenters. The predicted octanol–water partition coefficient (Wildman–Crippen LogP) is 4.35. The van der Waals surface area contributed by atoms with Crippen LogP contribution in [0.2, 0.25) is 0 Å². The zero-order valence-corrected chi connectivity index (χ0v) is 28.7. The summed E-state index contributed by atoms with van der Waals surface area (Å²) in [4.78, 5) is 50.8. The summed E-state index contributed by atoms with van der Waals surface area (Å²) in [5.74, 6) is -10.7. The Bertz CT molecular complexity index is 1450. The Balaban J connectivity index is 2.21. The van der Waals surface area contributed by atoms with Gasteiger partial charge < -0.3 is 36.3 Å². The number of methoxy groups -OCH3 is 1. The molecule has 2 aromatic carbocycles. The maximum absolute atomic E-state index is 14.9. The number of amides is 3. The molecular weight excluding hydrogens is 671 g/mol. The van der Waals surface area contributed by atoms with Crippen LogP contribution in [-0.4, -0.2) is 72.3 Å². The number of halogens is 5. The van der Waals surface area contributed by atoms with Gasteiger partial charge in [0.2, 0.25) is 5.91 Å². The summed E-state index contributed by atoms with van der Waals surface area (Å²) in [7, 11) is 1.40. The molecular formula is C34H45F5N4O7. The number of carbonyl (C=O) groups is 4. The van der Waals surface area contributed by atoms with Gasteiger partial charge in [-0.1, -0.05) is 50.2 Å². The van der Waals surface area contributed by atoms with Gasteiger partial charge in [-0.25, -0.2) is 4.79 Å². The van der Waals surface area contributed by atoms with Gasteiger partial charge in [-0.15, -0.1) is 0 Å². The van der Waals surface area contributed by atoms with Gasteiger partial charge in [0, 0.05) is 18.9 Å². The van der Waals surface area contributed by atoms with Gasteiger partial charge in [-0.2, -0.15) is 22.0 Å². The smallest absolute Gasteiger partial charge is 0.407 e. The van der Waals surface area contributed by atoms with Crippen LogP contribution in [0.5, 0.6) is 5.75 Å². The van der Waals surface area contributed by atoms with Crippen molar-refractivity contribution in [3.8, 4) is 5.75 Å². The third-order valence-corrected chi connectivity index (χ3v) is 7.53. The second kappa shape index (κ2) is 17.6. The van der Waals surface area contributed by atoms with Crippen molar-refractivity contribution in [1.82, 2.24) is 16.0 Å². The number of nitrogens with two attached hydrogens (primary N) is 1. The standard InChI is InChI=1S/C34H45F5N4O7/c1-19(2)24(28(45)34(38,39)30(47)42-18-33(35,36)37)16-26(44)27(22-11-13-23(49-6)14-12-22)43-29(46)25(40)15-20-7-9-21(10-8-20)17-41-31(48)50-32(3,4)5/h7-14,19,24-25,27-28,45H,15-18,40H2,1-6H3,(H,41,48)(H,42,47)(H,43,46)/t24-,25-,27-,28+/m0/s1. The molecule has 0 heterocycles. The van der Waals surface area contributed by atoms with E-state index in [2.05, 4.69) is 10.6 Å². The van der Waals surface area contributed by atoms with E-state index in [4.69, 9.17) is 15.2 Å². The number of aliphatic hydroxyl groups excluding tert-OH is 1. The summed E-state index contributed by atoms with van der Waals surface area (Å²) in [6, 6.07) is 10.1. The van der Waals surface area contributed by atoms with Crippen LogP contribution in [0.4, 0.5) is 26.7 Å². The van der Waals surface area contributed by atoms with E-state index < -0.39 is 84.4 Å². The maximum Gasteiger partial charge on any atom is 0.407 e. The van der Waals surface area contributed by atoms with E-state index in [0.717, 1.165) is 10.9 Å². The van der Waals surface area contributed by atoms with Gasteiger partial charge in [0.1, 0.15) is 30.0 Å². The van der Waals surface area contributed by atoms with E-state index in [0.29, 0.717) is 11.3 Å². The molecule has 11 nitrogen and oxygen atoms in total. The molecule has 0 saturated heterocycles. The highest BCUT2D eigenvalue weighted by molar-refractivity contribution is 5.92. The lowest BCUT2D eigenvalue weighted by molar-refractivity contribution is -0.178. The van der Waals surface area contributed by atoms with Crippen molar-refractivity contribution < 1.29 is 55.7 Å². The fourth-order valence-electron chi connectivity index (χ4n) is 4.79. The lowest BCUT2D eigenvalue weighted by Crippen LogP contribution is -2.54. The molecule has 0 bridgehead atoms. The van der Waals surface area contributed by atoms with Crippen molar-refractivity contribution in [1.29, 1.82) is 0 Å². The molecule has 2 aromatic rings. The van der Waals surface area contributed by atoms with Crippen molar-refractivity contribution in [2.45, 2.75) is 89.9 Å². The summed E-state index contributed by atoms with van der Waals surface area (Å²) in [5.41, 5.74) is 7.14. The van der Waals surface area contributed by atoms with E-state index in [1.807, 2.05) is 0 Å². The molecule has 16 heteroatoms. The summed E-state index contributed by atoms with van der Waals surface area (Å²) in [6.07, 6.45) is -9.15. The molecule has 50 heavy (non-hydrogen) atoms. The minimum Gasteiger partial charge on any atom is -0.497 e. The van der Waals surface area contributed by atoms with Gasteiger partial charge in [0.25, 0.3) is 5.91 Å². The van der Waals surface area contributed by atoms with E-state index in [-0.39, 0.29) is 18.5 Å². The van der Waals surface area contributed by atoms with Crippen molar-refractivity contribution in [2.24, 2.45) is 17.6 Å². The molecule has 0 fully saturated rings. The monoisotopic (exact) mass is 716 g/mol. The van der Waals surface area contributed by atoms with Crippen LogP contribution in [0.1, 0.15) is 63.8 Å². The number of rotatable bonds is 16. The number of alkyl carbamates (subject to hydrolysis) is 1. The highest BCUT2D eigenvalue weighted by Crippen LogP contribution is 2.33. The fraction of sp³-hybridized carbons (Fsp3) is 0.529. The fourth-order valence-corrected chi connectivity index (χ4v) is 4.79. The second-order valence-electron chi connectivity index (χ2n) is 13.1. The zero-order chi connectivity index (χ0) is 38.0. The van der Waals surface area contributed by atoms with Gasteiger partial charge in [-0.05, 0) is 61.9 Å².